The number of nitrogens with two attached hydrogens (primary N) is 1. The molecule has 0 amide bonds. The summed E-state index contributed by atoms with van der Waals surface area (Å²) in [6.07, 6.45) is 3.00. The van der Waals surface area contributed by atoms with E-state index in [1.807, 2.05) is 13.0 Å². The smallest absolute Gasteiger partial charge is 0.339 e. The van der Waals surface area contributed by atoms with Crippen molar-refractivity contribution >= 4 is 11.7 Å². The Morgan fingerprint density at radius 1 is 1.37 bits per heavy atom. The normalized spacial score (nSPS) is 11.8. The Labute approximate surface area is 110 Å². The summed E-state index contributed by atoms with van der Waals surface area (Å²) in [4.78, 5) is 15.1. The van der Waals surface area contributed by atoms with Gasteiger partial charge in [0.15, 0.2) is 5.75 Å². The topological polar surface area (TPSA) is 85.4 Å². The highest BCUT2D eigenvalue weighted by atomic mass is 16.5. The van der Waals surface area contributed by atoms with Crippen molar-refractivity contribution in [1.82, 2.24) is 4.98 Å². The largest absolute Gasteiger partial charge is 0.483 e. The van der Waals surface area contributed by atoms with Crippen LogP contribution in [0.15, 0.2) is 42.7 Å². The Bertz CT molecular complexity index is 584. The zero-order chi connectivity index (χ0) is 13.8. The maximum atomic E-state index is 11.1. The molecule has 0 aliphatic heterocycles. The second-order valence-electron chi connectivity index (χ2n) is 4.08. The maximum absolute atomic E-state index is 11.1. The maximum Gasteiger partial charge on any atom is 0.339 e. The highest BCUT2D eigenvalue weighted by Crippen LogP contribution is 2.30. The lowest BCUT2D eigenvalue weighted by atomic mass is 10.1. The number of benzene rings is 1. The molecule has 0 saturated heterocycles. The Kier molecular flexibility index (Phi) is 3.66. The molecule has 1 unspecified atom stereocenters. The van der Waals surface area contributed by atoms with E-state index in [9.17, 15) is 4.79 Å². The van der Waals surface area contributed by atoms with Crippen LogP contribution >= 0.6 is 0 Å². The van der Waals surface area contributed by atoms with E-state index in [2.05, 4.69) is 4.98 Å². The van der Waals surface area contributed by atoms with Crippen molar-refractivity contribution < 1.29 is 14.6 Å². The van der Waals surface area contributed by atoms with Crippen LogP contribution in [0.25, 0.3) is 0 Å². The van der Waals surface area contributed by atoms with Crippen molar-refractivity contribution in [2.45, 2.75) is 13.0 Å². The van der Waals surface area contributed by atoms with Gasteiger partial charge in [0.1, 0.15) is 11.7 Å². The molecule has 0 fully saturated rings. The van der Waals surface area contributed by atoms with Gasteiger partial charge < -0.3 is 15.6 Å². The first kappa shape index (κ1) is 12.9. The van der Waals surface area contributed by atoms with E-state index in [-0.39, 0.29) is 17.4 Å². The lowest BCUT2D eigenvalue weighted by Crippen LogP contribution is -2.09. The van der Waals surface area contributed by atoms with Crippen LogP contribution in [0.5, 0.6) is 5.75 Å². The number of anilines is 1. The minimum absolute atomic E-state index is 0.0516. The van der Waals surface area contributed by atoms with Gasteiger partial charge in [-0.05, 0) is 25.1 Å². The molecule has 0 saturated carbocycles. The highest BCUT2D eigenvalue weighted by molar-refractivity contribution is 5.93. The molecule has 3 N–H and O–H groups in total. The predicted octanol–water partition coefficient (Wildman–Crippen LogP) is 2.50. The van der Waals surface area contributed by atoms with Crippen molar-refractivity contribution in [3.05, 3.63) is 53.9 Å². The lowest BCUT2D eigenvalue weighted by Gasteiger charge is -2.17. The Morgan fingerprint density at radius 3 is 2.79 bits per heavy atom. The van der Waals surface area contributed by atoms with Crippen LogP contribution in [0.2, 0.25) is 0 Å². The van der Waals surface area contributed by atoms with Gasteiger partial charge in [-0.25, -0.2) is 4.79 Å². The predicted molar refractivity (Wildman–Crippen MR) is 71.1 cm³/mol. The lowest BCUT2D eigenvalue weighted by molar-refractivity contribution is 0.0690. The number of nitrogen functional groups attached to an aromatic ring is 1. The van der Waals surface area contributed by atoms with Gasteiger partial charge in [-0.2, -0.15) is 0 Å². The number of hydrogen-bond acceptors (Lipinski definition) is 4. The molecule has 1 aromatic carbocycles. The summed E-state index contributed by atoms with van der Waals surface area (Å²) in [5.74, 6) is -0.882. The Hall–Kier alpha value is -2.56. The molecule has 0 aliphatic carbocycles. The molecule has 2 rings (SSSR count). The molecule has 1 heterocycles. The molecule has 98 valence electrons. The fourth-order valence-electron chi connectivity index (χ4n) is 1.72. The van der Waals surface area contributed by atoms with Gasteiger partial charge in [-0.15, -0.1) is 0 Å². The monoisotopic (exact) mass is 258 g/mol. The second kappa shape index (κ2) is 5.39. The first-order valence-corrected chi connectivity index (χ1v) is 5.78. The first-order chi connectivity index (χ1) is 9.09. The summed E-state index contributed by atoms with van der Waals surface area (Å²) in [6.45, 7) is 1.81. The summed E-state index contributed by atoms with van der Waals surface area (Å²) >= 11 is 0. The van der Waals surface area contributed by atoms with Crippen LogP contribution in [0.1, 0.15) is 28.9 Å². The van der Waals surface area contributed by atoms with Gasteiger partial charge in [0.2, 0.25) is 0 Å². The average molecular weight is 258 g/mol. The summed E-state index contributed by atoms with van der Waals surface area (Å²) in [5, 5.41) is 9.13. The van der Waals surface area contributed by atoms with Crippen molar-refractivity contribution in [1.29, 1.82) is 0 Å². The van der Waals surface area contributed by atoms with E-state index in [0.717, 1.165) is 5.56 Å². The van der Waals surface area contributed by atoms with Gasteiger partial charge in [0.25, 0.3) is 0 Å². The Balaban J connectivity index is 2.31. The summed E-state index contributed by atoms with van der Waals surface area (Å²) in [6, 6.07) is 8.31. The molecule has 2 aromatic rings. The number of rotatable bonds is 4. The molecule has 1 aromatic heterocycles. The molecular weight excluding hydrogens is 244 g/mol. The molecule has 0 spiro atoms. The zero-order valence-electron chi connectivity index (χ0n) is 10.4. The molecule has 5 nitrogen and oxygen atoms in total. The average Bonchev–Trinajstić information content (AvgIpc) is 2.41. The molecule has 5 heteroatoms. The molecular formula is C14H14N2O3. The van der Waals surface area contributed by atoms with Crippen LogP contribution in [-0.4, -0.2) is 16.1 Å². The third-order valence-corrected chi connectivity index (χ3v) is 2.72. The number of pyridine rings is 1. The van der Waals surface area contributed by atoms with Crippen molar-refractivity contribution in [2.24, 2.45) is 0 Å². The van der Waals surface area contributed by atoms with Crippen LogP contribution in [0.3, 0.4) is 0 Å². The number of carboxylic acids is 1. The van der Waals surface area contributed by atoms with E-state index in [1.54, 1.807) is 30.6 Å². The van der Waals surface area contributed by atoms with E-state index in [4.69, 9.17) is 15.6 Å². The number of hydrogen-bond donors (Lipinski definition) is 2. The zero-order valence-corrected chi connectivity index (χ0v) is 10.4. The summed E-state index contributed by atoms with van der Waals surface area (Å²) < 4.78 is 5.68. The van der Waals surface area contributed by atoms with Gasteiger partial charge in [-0.1, -0.05) is 12.1 Å². The number of nitrogens with zero attached hydrogens (tertiary/aromatic N) is 1. The third-order valence-electron chi connectivity index (χ3n) is 2.72. The highest BCUT2D eigenvalue weighted by Gasteiger charge is 2.17. The number of carboxylic acid groups (broad SMARTS) is 1. The molecule has 1 atom stereocenters. The SMILES string of the molecule is CC(Oc1c(N)cccc1C(=O)O)c1cccnc1. The van der Waals surface area contributed by atoms with Gasteiger partial charge in [-0.3, -0.25) is 4.98 Å². The number of para-hydroxylation sites is 1. The van der Waals surface area contributed by atoms with E-state index < -0.39 is 5.97 Å². The third kappa shape index (κ3) is 2.82. The number of ether oxygens (including phenoxy) is 1. The second-order valence-corrected chi connectivity index (χ2v) is 4.08. The molecule has 0 radical (unpaired) electrons. The number of aromatic nitrogens is 1. The molecule has 0 bridgehead atoms. The summed E-state index contributed by atoms with van der Waals surface area (Å²) in [5.41, 5.74) is 6.98. The van der Waals surface area contributed by atoms with Crippen LogP contribution in [0, 0.1) is 0 Å². The number of aromatic carboxylic acids is 1. The van der Waals surface area contributed by atoms with Gasteiger partial charge in [0, 0.05) is 18.0 Å². The molecule has 0 aliphatic rings. The van der Waals surface area contributed by atoms with Crippen molar-refractivity contribution in [2.75, 3.05) is 5.73 Å². The van der Waals surface area contributed by atoms with Crippen molar-refractivity contribution in [3.63, 3.8) is 0 Å². The van der Waals surface area contributed by atoms with E-state index >= 15 is 0 Å². The first-order valence-electron chi connectivity index (χ1n) is 5.78. The quantitative estimate of drug-likeness (QED) is 0.823. The van der Waals surface area contributed by atoms with Crippen LogP contribution in [-0.2, 0) is 0 Å². The van der Waals surface area contributed by atoms with Gasteiger partial charge >= 0.3 is 5.97 Å². The fourth-order valence-corrected chi connectivity index (χ4v) is 1.72. The van der Waals surface area contributed by atoms with Crippen LogP contribution < -0.4 is 10.5 Å². The number of carbonyl (C=O) groups is 1. The minimum atomic E-state index is -1.07. The van der Waals surface area contributed by atoms with Gasteiger partial charge in [0.05, 0.1) is 5.69 Å². The van der Waals surface area contributed by atoms with E-state index in [1.165, 1.54) is 6.07 Å². The minimum Gasteiger partial charge on any atom is -0.483 e. The van der Waals surface area contributed by atoms with E-state index in [0.29, 0.717) is 5.69 Å². The van der Waals surface area contributed by atoms with Crippen molar-refractivity contribution in [3.8, 4) is 5.75 Å². The fraction of sp³-hybridized carbons (Fsp3) is 0.143. The summed E-state index contributed by atoms with van der Waals surface area (Å²) in [7, 11) is 0. The standard InChI is InChI=1S/C14H14N2O3/c1-9(10-4-3-7-16-8-10)19-13-11(14(17)18)5-2-6-12(13)15/h2-9H,15H2,1H3,(H,17,18). The Morgan fingerprint density at radius 2 is 2.16 bits per heavy atom. The van der Waals surface area contributed by atoms with Crippen LogP contribution in [0.4, 0.5) is 5.69 Å². The molecule has 19 heavy (non-hydrogen) atoms.